The number of rotatable bonds is 5. The monoisotopic (exact) mass is 650 g/mol. The van der Waals surface area contributed by atoms with Crippen molar-refractivity contribution in [3.63, 3.8) is 0 Å². The van der Waals surface area contributed by atoms with Gasteiger partial charge in [0.25, 0.3) is 0 Å². The molecule has 2 saturated heterocycles. The van der Waals surface area contributed by atoms with Gasteiger partial charge in [-0.3, -0.25) is 14.5 Å². The van der Waals surface area contributed by atoms with Gasteiger partial charge in [-0.05, 0) is 113 Å². The van der Waals surface area contributed by atoms with E-state index in [9.17, 15) is 9.59 Å². The van der Waals surface area contributed by atoms with Crippen LogP contribution in [-0.4, -0.2) is 78.8 Å². The molecule has 0 N–H and O–H groups in total. The van der Waals surface area contributed by atoms with Crippen molar-refractivity contribution >= 4 is 11.9 Å². The molecule has 3 unspecified atom stereocenters. The van der Waals surface area contributed by atoms with E-state index in [0.29, 0.717) is 41.7 Å². The Morgan fingerprint density at radius 2 is 1.57 bits per heavy atom. The Labute approximate surface area is 266 Å². The third kappa shape index (κ3) is 5.63. The van der Waals surface area contributed by atoms with Gasteiger partial charge in [0.1, 0.15) is 12.1 Å². The first-order valence-electron chi connectivity index (χ1n) is 17.5. The first-order chi connectivity index (χ1) is 19.6. The summed E-state index contributed by atoms with van der Waals surface area (Å²) in [7, 11) is 2.48. The normalized spacial score (nSPS) is 45.0. The van der Waals surface area contributed by atoms with Gasteiger partial charge in [-0.15, -0.1) is 0 Å². The van der Waals surface area contributed by atoms with Crippen LogP contribution in [0.25, 0.3) is 0 Å². The van der Waals surface area contributed by atoms with Crippen molar-refractivity contribution in [2.24, 2.45) is 34.5 Å². The quantitative estimate of drug-likeness (QED) is 0.338. The molecule has 6 rings (SSSR count). The number of piperidine rings is 2. The van der Waals surface area contributed by atoms with E-state index < -0.39 is 0 Å². The summed E-state index contributed by atoms with van der Waals surface area (Å²) in [5, 5.41) is 0. The number of likely N-dealkylation sites (N-methyl/N-ethyl adjacent to an activating group) is 1. The lowest BCUT2D eigenvalue weighted by Gasteiger charge is -2.62. The van der Waals surface area contributed by atoms with Crippen LogP contribution >= 0.6 is 0 Å². The molecular weight excluding hydrogens is 592 g/mol. The van der Waals surface area contributed by atoms with Crippen LogP contribution in [0.3, 0.4) is 0 Å². The molecule has 6 nitrogen and oxygen atoms in total. The molecule has 6 aliphatic rings. The maximum Gasteiger partial charge on any atom is 0.306 e. The van der Waals surface area contributed by atoms with Crippen molar-refractivity contribution in [2.45, 2.75) is 142 Å². The number of carbonyl (C=O) groups excluding carboxylic acids is 2. The number of fused-ring (bicyclic) bond motifs is 5. The van der Waals surface area contributed by atoms with E-state index in [1.807, 2.05) is 6.92 Å². The fourth-order valence-corrected chi connectivity index (χ4v) is 11.8. The summed E-state index contributed by atoms with van der Waals surface area (Å²) in [5.74, 6) is 2.59. The second kappa shape index (κ2) is 12.6. The smallest absolute Gasteiger partial charge is 0.306 e. The summed E-state index contributed by atoms with van der Waals surface area (Å²) in [6, 6.07) is 0.797. The van der Waals surface area contributed by atoms with Gasteiger partial charge in [0.05, 0.1) is 20.1 Å². The predicted molar refractivity (Wildman–Crippen MR) is 161 cm³/mol. The highest BCUT2D eigenvalue weighted by Gasteiger charge is 2.67. The fourth-order valence-electron chi connectivity index (χ4n) is 11.8. The third-order valence-corrected chi connectivity index (χ3v) is 14.0. The number of nitrogens with zero attached hydrogens (tertiary/aromatic N) is 2. The molecule has 0 aromatic carbocycles. The van der Waals surface area contributed by atoms with Crippen LogP contribution in [0.4, 0.5) is 0 Å². The first-order valence-corrected chi connectivity index (χ1v) is 17.5. The van der Waals surface area contributed by atoms with E-state index in [1.165, 1.54) is 90.1 Å². The molecule has 0 amide bonds. The van der Waals surface area contributed by atoms with E-state index >= 15 is 0 Å². The van der Waals surface area contributed by atoms with Gasteiger partial charge >= 0.3 is 11.9 Å². The topological polar surface area (TPSA) is 55.8 Å². The highest BCUT2D eigenvalue weighted by Crippen LogP contribution is 2.67. The van der Waals surface area contributed by atoms with Gasteiger partial charge in [0.15, 0.2) is 6.10 Å². The second-order valence-corrected chi connectivity index (χ2v) is 16.0. The number of hydrogen-bond acceptors (Lipinski definition) is 5. The summed E-state index contributed by atoms with van der Waals surface area (Å²) in [6.07, 6.45) is 16.8. The van der Waals surface area contributed by atoms with Gasteiger partial charge in [-0.25, -0.2) is 0 Å². The average molecular weight is 652 g/mol. The molecule has 10 atom stereocenters. The Balaban J connectivity index is 0.00000353. The molecule has 4 saturated carbocycles. The van der Waals surface area contributed by atoms with Crippen LogP contribution in [0.1, 0.15) is 118 Å². The molecular formula is C35H59BrN2O4. The molecule has 2 aliphatic heterocycles. The van der Waals surface area contributed by atoms with Crippen molar-refractivity contribution in [1.82, 2.24) is 4.90 Å². The van der Waals surface area contributed by atoms with Crippen LogP contribution < -0.4 is 17.0 Å². The van der Waals surface area contributed by atoms with E-state index in [4.69, 9.17) is 9.47 Å². The minimum absolute atomic E-state index is 0. The Morgan fingerprint density at radius 3 is 2.24 bits per heavy atom. The zero-order valence-electron chi connectivity index (χ0n) is 27.3. The summed E-state index contributed by atoms with van der Waals surface area (Å²) in [4.78, 5) is 27.8. The molecule has 0 radical (unpaired) electrons. The summed E-state index contributed by atoms with van der Waals surface area (Å²) in [6.45, 7) is 13.5. The van der Waals surface area contributed by atoms with E-state index in [-0.39, 0.29) is 46.5 Å². The van der Waals surface area contributed by atoms with Gasteiger partial charge in [-0.2, -0.15) is 0 Å². The highest BCUT2D eigenvalue weighted by molar-refractivity contribution is 5.69. The molecule has 6 fully saturated rings. The van der Waals surface area contributed by atoms with Gasteiger partial charge < -0.3 is 30.9 Å². The lowest BCUT2D eigenvalue weighted by Crippen LogP contribution is -3.00. The third-order valence-electron chi connectivity index (χ3n) is 14.0. The van der Waals surface area contributed by atoms with Crippen molar-refractivity contribution in [2.75, 3.05) is 33.2 Å². The van der Waals surface area contributed by atoms with E-state index in [2.05, 4.69) is 25.8 Å². The van der Waals surface area contributed by atoms with Gasteiger partial charge in [-0.1, -0.05) is 27.2 Å². The van der Waals surface area contributed by atoms with Crippen molar-refractivity contribution in [3.8, 4) is 0 Å². The molecule has 4 aliphatic carbocycles. The largest absolute Gasteiger partial charge is 1.00 e. The molecule has 0 aromatic rings. The van der Waals surface area contributed by atoms with Crippen LogP contribution in [0.5, 0.6) is 0 Å². The first kappa shape index (κ1) is 32.7. The molecule has 0 bridgehead atoms. The maximum absolute atomic E-state index is 12.9. The Hall–Kier alpha value is -0.660. The summed E-state index contributed by atoms with van der Waals surface area (Å²) >= 11 is 0. The lowest BCUT2D eigenvalue weighted by molar-refractivity contribution is -0.940. The fraction of sp³-hybridized carbons (Fsp3) is 0.943. The minimum atomic E-state index is -0.110. The van der Waals surface area contributed by atoms with Gasteiger partial charge in [0.2, 0.25) is 0 Å². The number of hydrogen-bond donors (Lipinski definition) is 0. The highest BCUT2D eigenvalue weighted by atomic mass is 79.9. The molecule has 0 aromatic heterocycles. The predicted octanol–water partition coefficient (Wildman–Crippen LogP) is 3.36. The molecule has 42 heavy (non-hydrogen) atoms. The summed E-state index contributed by atoms with van der Waals surface area (Å²) < 4.78 is 13.7. The number of halogens is 1. The van der Waals surface area contributed by atoms with Crippen LogP contribution in [0, 0.1) is 34.5 Å². The Kier molecular flexibility index (Phi) is 9.83. The Morgan fingerprint density at radius 1 is 0.881 bits per heavy atom. The number of esters is 2. The zero-order valence-corrected chi connectivity index (χ0v) is 28.8. The molecule has 2 heterocycles. The van der Waals surface area contributed by atoms with Crippen LogP contribution in [0.15, 0.2) is 0 Å². The Bertz CT molecular complexity index is 980. The molecule has 240 valence electrons. The molecule has 0 spiro atoms. The minimum Gasteiger partial charge on any atom is -1.00 e. The second-order valence-electron chi connectivity index (χ2n) is 16.0. The number of likely N-dealkylation sites (tertiary alicyclic amines) is 2. The van der Waals surface area contributed by atoms with Crippen LogP contribution in [-0.2, 0) is 19.1 Å². The van der Waals surface area contributed by atoms with Crippen molar-refractivity contribution < 1.29 is 40.5 Å². The molecule has 7 heteroatoms. The average Bonchev–Trinajstić information content (AvgIpc) is 3.26. The van der Waals surface area contributed by atoms with Gasteiger partial charge in [0, 0.05) is 31.2 Å². The zero-order chi connectivity index (χ0) is 29.0. The standard InChI is InChI=1S/C35H59N2O4.BrH/c1-6-32(39)41-33-30(37(5)19-11-8-12-20-37)22-28-26-14-13-25-21-31(40-24(2)38)29(36-17-9-7-10-18-36)23-35(25,4)27(26)15-16-34(28,33)3;/h25-31,33H,6-23H2,1-5H3;1H/q+1;/p-1/t25-,26?,27?,28?,29-,30-,31-,33-,34-,35-;/m0./s1. The summed E-state index contributed by atoms with van der Waals surface area (Å²) in [5.41, 5.74) is 0.375. The van der Waals surface area contributed by atoms with Crippen molar-refractivity contribution in [3.05, 3.63) is 0 Å². The SMILES string of the molecule is CCC(=O)O[C@H]1[C@@H]([N+]2(C)CCCCC2)CC2C3CC[C@H]4C[C@H](OC(C)=O)[C@@H](N5CCCCC5)C[C@]4(C)C3CC[C@@]21C.[Br-]. The van der Waals surface area contributed by atoms with Crippen molar-refractivity contribution in [1.29, 1.82) is 0 Å². The number of quaternary nitrogens is 1. The van der Waals surface area contributed by atoms with Crippen LogP contribution in [0.2, 0.25) is 0 Å². The van der Waals surface area contributed by atoms with E-state index in [1.54, 1.807) is 6.92 Å². The number of ether oxygens (including phenoxy) is 2. The maximum atomic E-state index is 12.9. The van der Waals surface area contributed by atoms with E-state index in [0.717, 1.165) is 29.9 Å². The number of carbonyl (C=O) groups is 2. The lowest BCUT2D eigenvalue weighted by atomic mass is 9.44.